The Balaban J connectivity index is 1.83. The van der Waals surface area contributed by atoms with Crippen LogP contribution < -0.4 is 5.32 Å². The van der Waals surface area contributed by atoms with E-state index in [0.29, 0.717) is 12.1 Å². The van der Waals surface area contributed by atoms with Gasteiger partial charge >= 0.3 is 0 Å². The normalized spacial score (nSPS) is 38.2. The Kier molecular flexibility index (Phi) is 5.46. The maximum absolute atomic E-state index is 5.65. The van der Waals surface area contributed by atoms with Gasteiger partial charge in [0.15, 0.2) is 0 Å². The van der Waals surface area contributed by atoms with E-state index in [0.717, 1.165) is 12.0 Å². The molecule has 3 heteroatoms. The lowest BCUT2D eigenvalue weighted by molar-refractivity contribution is 0.0104. The zero-order chi connectivity index (χ0) is 13.0. The monoisotopic (exact) mass is 254 g/mol. The second kappa shape index (κ2) is 6.88. The number of piperidine rings is 1. The lowest BCUT2D eigenvalue weighted by Crippen LogP contribution is -2.53. The maximum Gasteiger partial charge on any atom is 0.0726 e. The smallest absolute Gasteiger partial charge is 0.0726 e. The van der Waals surface area contributed by atoms with Gasteiger partial charge in [0.2, 0.25) is 0 Å². The minimum Gasteiger partial charge on any atom is -0.380 e. The van der Waals surface area contributed by atoms with Crippen LogP contribution >= 0.6 is 0 Å². The topological polar surface area (TPSA) is 24.5 Å². The highest BCUT2D eigenvalue weighted by molar-refractivity contribution is 4.91. The van der Waals surface area contributed by atoms with Crippen LogP contribution in [0.1, 0.15) is 46.0 Å². The van der Waals surface area contributed by atoms with E-state index in [1.54, 1.807) is 0 Å². The Morgan fingerprint density at radius 2 is 2.11 bits per heavy atom. The third-order valence-electron chi connectivity index (χ3n) is 4.78. The van der Waals surface area contributed by atoms with Crippen molar-refractivity contribution in [2.24, 2.45) is 5.92 Å². The van der Waals surface area contributed by atoms with Crippen molar-refractivity contribution in [3.63, 3.8) is 0 Å². The summed E-state index contributed by atoms with van der Waals surface area (Å²) in [5.41, 5.74) is 0. The van der Waals surface area contributed by atoms with E-state index in [9.17, 15) is 0 Å². The fourth-order valence-electron chi connectivity index (χ4n) is 3.71. The molecule has 4 atom stereocenters. The van der Waals surface area contributed by atoms with Crippen molar-refractivity contribution in [2.45, 2.75) is 64.1 Å². The van der Waals surface area contributed by atoms with Gasteiger partial charge in [0.05, 0.1) is 6.10 Å². The first-order valence-electron chi connectivity index (χ1n) is 7.76. The van der Waals surface area contributed by atoms with Crippen molar-refractivity contribution >= 4 is 0 Å². The van der Waals surface area contributed by atoms with Gasteiger partial charge in [-0.25, -0.2) is 0 Å². The summed E-state index contributed by atoms with van der Waals surface area (Å²) < 4.78 is 5.65. The quantitative estimate of drug-likeness (QED) is 0.814. The Bertz CT molecular complexity index is 247. The van der Waals surface area contributed by atoms with Gasteiger partial charge in [-0.1, -0.05) is 13.8 Å². The first-order valence-corrected chi connectivity index (χ1v) is 7.76. The van der Waals surface area contributed by atoms with E-state index in [1.165, 1.54) is 51.7 Å². The van der Waals surface area contributed by atoms with Crippen molar-refractivity contribution in [2.75, 3.05) is 26.7 Å². The predicted molar refractivity (Wildman–Crippen MR) is 75.9 cm³/mol. The molecule has 2 rings (SSSR count). The summed E-state index contributed by atoms with van der Waals surface area (Å²) in [4.78, 5) is 2.69. The van der Waals surface area contributed by atoms with Crippen LogP contribution in [0.4, 0.5) is 0 Å². The average Bonchev–Trinajstić information content (AvgIpc) is 2.85. The second-order valence-corrected chi connectivity index (χ2v) is 6.09. The number of rotatable bonds is 5. The minimum absolute atomic E-state index is 0.484. The molecule has 2 fully saturated rings. The number of hydrogen-bond donors (Lipinski definition) is 1. The lowest BCUT2D eigenvalue weighted by atomic mass is 9.92. The molecule has 1 aliphatic heterocycles. The van der Waals surface area contributed by atoms with Crippen LogP contribution in [0.2, 0.25) is 0 Å². The Labute approximate surface area is 112 Å². The van der Waals surface area contributed by atoms with Crippen LogP contribution in [0, 0.1) is 5.92 Å². The van der Waals surface area contributed by atoms with E-state index in [1.807, 2.05) is 7.11 Å². The molecular formula is C15H30N2O. The van der Waals surface area contributed by atoms with Crippen LogP contribution in [-0.2, 0) is 4.74 Å². The first-order chi connectivity index (χ1) is 8.76. The molecule has 2 aliphatic rings. The molecule has 18 heavy (non-hydrogen) atoms. The molecule has 1 heterocycles. The molecule has 1 aliphatic carbocycles. The van der Waals surface area contributed by atoms with Crippen LogP contribution in [-0.4, -0.2) is 49.8 Å². The molecule has 3 nitrogen and oxygen atoms in total. The third-order valence-corrected chi connectivity index (χ3v) is 4.78. The zero-order valence-electron chi connectivity index (χ0n) is 12.3. The highest BCUT2D eigenvalue weighted by Gasteiger charge is 2.36. The number of methoxy groups -OCH3 is 1. The molecule has 0 aromatic rings. The van der Waals surface area contributed by atoms with E-state index < -0.39 is 0 Å². The summed E-state index contributed by atoms with van der Waals surface area (Å²) >= 11 is 0. The average molecular weight is 254 g/mol. The van der Waals surface area contributed by atoms with Crippen molar-refractivity contribution in [3.05, 3.63) is 0 Å². The summed E-state index contributed by atoms with van der Waals surface area (Å²) in [6, 6.07) is 1.41. The summed E-state index contributed by atoms with van der Waals surface area (Å²) in [7, 11) is 1.88. The molecule has 0 aromatic carbocycles. The van der Waals surface area contributed by atoms with Gasteiger partial charge < -0.3 is 10.1 Å². The highest BCUT2D eigenvalue weighted by atomic mass is 16.5. The number of likely N-dealkylation sites (tertiary alicyclic amines) is 1. The molecule has 4 unspecified atom stereocenters. The molecular weight excluding hydrogens is 224 g/mol. The summed E-state index contributed by atoms with van der Waals surface area (Å²) in [6.45, 7) is 8.30. The molecule has 1 saturated carbocycles. The van der Waals surface area contributed by atoms with Crippen molar-refractivity contribution in [1.82, 2.24) is 10.2 Å². The van der Waals surface area contributed by atoms with Gasteiger partial charge in [0.1, 0.15) is 0 Å². The highest BCUT2D eigenvalue weighted by Crippen LogP contribution is 2.29. The van der Waals surface area contributed by atoms with Gasteiger partial charge in [-0.3, -0.25) is 4.90 Å². The maximum atomic E-state index is 5.65. The number of ether oxygens (including phenoxy) is 1. The fourth-order valence-corrected chi connectivity index (χ4v) is 3.71. The van der Waals surface area contributed by atoms with E-state index in [2.05, 4.69) is 24.1 Å². The molecule has 0 aromatic heterocycles. The second-order valence-electron chi connectivity index (χ2n) is 6.09. The van der Waals surface area contributed by atoms with E-state index >= 15 is 0 Å². The van der Waals surface area contributed by atoms with Gasteiger partial charge in [0.25, 0.3) is 0 Å². The molecule has 1 saturated heterocycles. The van der Waals surface area contributed by atoms with Crippen LogP contribution in [0.25, 0.3) is 0 Å². The molecule has 106 valence electrons. The van der Waals surface area contributed by atoms with Crippen molar-refractivity contribution < 1.29 is 4.74 Å². The number of nitrogens with zero attached hydrogens (tertiary/aromatic N) is 1. The Morgan fingerprint density at radius 3 is 2.78 bits per heavy atom. The van der Waals surface area contributed by atoms with Gasteiger partial charge in [-0.2, -0.15) is 0 Å². The van der Waals surface area contributed by atoms with E-state index in [4.69, 9.17) is 4.74 Å². The van der Waals surface area contributed by atoms with E-state index in [-0.39, 0.29) is 0 Å². The fraction of sp³-hybridized carbons (Fsp3) is 1.00. The van der Waals surface area contributed by atoms with Crippen molar-refractivity contribution in [3.8, 4) is 0 Å². The third kappa shape index (κ3) is 3.25. The zero-order valence-corrected chi connectivity index (χ0v) is 12.3. The van der Waals surface area contributed by atoms with Crippen molar-refractivity contribution in [1.29, 1.82) is 0 Å². The molecule has 1 N–H and O–H groups in total. The summed E-state index contributed by atoms with van der Waals surface area (Å²) in [6.07, 6.45) is 6.94. The number of nitrogens with one attached hydrogen (secondary N) is 1. The lowest BCUT2D eigenvalue weighted by Gasteiger charge is -2.42. The Morgan fingerprint density at radius 1 is 1.28 bits per heavy atom. The Hall–Kier alpha value is -0.120. The molecule has 0 spiro atoms. The van der Waals surface area contributed by atoms with Gasteiger partial charge in [0, 0.05) is 32.3 Å². The molecule has 0 amide bonds. The molecule has 0 radical (unpaired) electrons. The predicted octanol–water partition coefficient (Wildman–Crippen LogP) is 2.26. The largest absolute Gasteiger partial charge is 0.380 e. The standard InChI is InChI=1S/C15H30N2O/c1-4-9-16-13-8-10-17(11-12(13)2)14-6-5-7-15(14)18-3/h12-16H,4-11H2,1-3H3. The van der Waals surface area contributed by atoms with Crippen LogP contribution in [0.5, 0.6) is 0 Å². The number of hydrogen-bond acceptors (Lipinski definition) is 3. The van der Waals surface area contributed by atoms with Gasteiger partial charge in [-0.15, -0.1) is 0 Å². The van der Waals surface area contributed by atoms with Crippen LogP contribution in [0.15, 0.2) is 0 Å². The molecule has 0 bridgehead atoms. The first kappa shape index (κ1) is 14.3. The summed E-state index contributed by atoms with van der Waals surface area (Å²) in [5.74, 6) is 0.767. The minimum atomic E-state index is 0.484. The SMILES string of the molecule is CCCNC1CCN(C2CCCC2OC)CC1C. The van der Waals surface area contributed by atoms with Gasteiger partial charge in [-0.05, 0) is 44.6 Å². The summed E-state index contributed by atoms with van der Waals surface area (Å²) in [5, 5.41) is 3.70. The van der Waals surface area contributed by atoms with Crippen LogP contribution in [0.3, 0.4) is 0 Å².